The highest BCUT2D eigenvalue weighted by Gasteiger charge is 2.44. The van der Waals surface area contributed by atoms with Crippen molar-refractivity contribution in [3.8, 4) is 6.07 Å². The molecule has 0 bridgehead atoms. The molecule has 0 saturated carbocycles. The summed E-state index contributed by atoms with van der Waals surface area (Å²) in [7, 11) is 0. The molecule has 5 unspecified atom stereocenters. The number of hydrogen-bond acceptors (Lipinski definition) is 8. The van der Waals surface area contributed by atoms with Crippen LogP contribution >= 0.6 is 0 Å². The van der Waals surface area contributed by atoms with Crippen LogP contribution in [0.25, 0.3) is 6.08 Å². The number of rotatable bonds is 5. The van der Waals surface area contributed by atoms with Crippen molar-refractivity contribution in [2.45, 2.75) is 49.9 Å². The Morgan fingerprint density at radius 3 is 2.43 bits per heavy atom. The largest absolute Gasteiger partial charge is 0.394 e. The summed E-state index contributed by atoms with van der Waals surface area (Å²) in [6.07, 6.45) is -0.913. The van der Waals surface area contributed by atoms with Gasteiger partial charge in [0.05, 0.1) is 6.61 Å². The number of carbonyl (C=O) groups is 1. The molecule has 3 rings (SSSR count). The van der Waals surface area contributed by atoms with Crippen molar-refractivity contribution in [1.29, 1.82) is 5.26 Å². The Labute approximate surface area is 174 Å². The first kappa shape index (κ1) is 22.2. The maximum Gasteiger partial charge on any atom is 0.262 e. The van der Waals surface area contributed by atoms with Crippen molar-refractivity contribution < 1.29 is 30.0 Å². The molecule has 2 fully saturated rings. The van der Waals surface area contributed by atoms with Crippen LogP contribution < -0.4 is 10.2 Å². The van der Waals surface area contributed by atoms with Crippen molar-refractivity contribution in [3.05, 3.63) is 35.4 Å². The summed E-state index contributed by atoms with van der Waals surface area (Å²) in [5.41, 5.74) is 1.52. The van der Waals surface area contributed by atoms with Crippen LogP contribution in [0.15, 0.2) is 29.8 Å². The summed E-state index contributed by atoms with van der Waals surface area (Å²) < 4.78 is 5.01. The van der Waals surface area contributed by atoms with E-state index < -0.39 is 43.2 Å². The average Bonchev–Trinajstić information content (AvgIpc) is 2.78. The van der Waals surface area contributed by atoms with Gasteiger partial charge in [-0.25, -0.2) is 0 Å². The first-order valence-corrected chi connectivity index (χ1v) is 10.0. The number of piperidine rings is 1. The zero-order chi connectivity index (χ0) is 21.7. The molecule has 9 heteroatoms. The van der Waals surface area contributed by atoms with Gasteiger partial charge in [-0.05, 0) is 43.0 Å². The summed E-state index contributed by atoms with van der Waals surface area (Å²) in [4.78, 5) is 14.8. The quantitative estimate of drug-likeness (QED) is 0.318. The van der Waals surface area contributed by atoms with E-state index in [4.69, 9.17) is 9.84 Å². The number of ether oxygens (including phenoxy) is 1. The lowest BCUT2D eigenvalue weighted by Gasteiger charge is -2.40. The summed E-state index contributed by atoms with van der Waals surface area (Å²) >= 11 is 0. The lowest BCUT2D eigenvalue weighted by atomic mass is 9.96. The number of hydrogen-bond donors (Lipinski definition) is 5. The Hall–Kier alpha value is -2.48. The smallest absolute Gasteiger partial charge is 0.262 e. The highest BCUT2D eigenvalue weighted by atomic mass is 16.6. The molecule has 30 heavy (non-hydrogen) atoms. The van der Waals surface area contributed by atoms with Gasteiger partial charge in [-0.3, -0.25) is 4.79 Å². The van der Waals surface area contributed by atoms with Gasteiger partial charge in [-0.2, -0.15) is 5.26 Å². The second-order valence-corrected chi connectivity index (χ2v) is 7.54. The molecular formula is C21H27N3O6. The third-order valence-electron chi connectivity index (χ3n) is 5.49. The zero-order valence-electron chi connectivity index (χ0n) is 16.5. The van der Waals surface area contributed by atoms with Gasteiger partial charge in [-0.15, -0.1) is 0 Å². The Morgan fingerprint density at radius 1 is 1.17 bits per heavy atom. The molecule has 2 aliphatic rings. The molecule has 0 aromatic heterocycles. The van der Waals surface area contributed by atoms with Crippen molar-refractivity contribution in [2.24, 2.45) is 0 Å². The maximum atomic E-state index is 12.5. The third-order valence-corrected chi connectivity index (χ3v) is 5.49. The minimum absolute atomic E-state index is 0.223. The van der Waals surface area contributed by atoms with E-state index in [9.17, 15) is 25.4 Å². The molecule has 1 aromatic rings. The number of amides is 1. The van der Waals surface area contributed by atoms with Gasteiger partial charge in [0.25, 0.3) is 5.91 Å². The van der Waals surface area contributed by atoms with E-state index in [1.54, 1.807) is 0 Å². The van der Waals surface area contributed by atoms with Gasteiger partial charge in [-0.1, -0.05) is 12.1 Å². The first-order valence-electron chi connectivity index (χ1n) is 10.0. The second kappa shape index (κ2) is 10.0. The lowest BCUT2D eigenvalue weighted by molar-refractivity contribution is -0.253. The fourth-order valence-electron chi connectivity index (χ4n) is 3.73. The van der Waals surface area contributed by atoms with Crippen molar-refractivity contribution in [3.63, 3.8) is 0 Å². The van der Waals surface area contributed by atoms with Crippen molar-refractivity contribution in [2.75, 3.05) is 24.6 Å². The van der Waals surface area contributed by atoms with E-state index in [0.717, 1.165) is 31.6 Å². The molecule has 162 valence electrons. The van der Waals surface area contributed by atoms with Crippen LogP contribution in [-0.2, 0) is 9.53 Å². The van der Waals surface area contributed by atoms with Gasteiger partial charge in [0.1, 0.15) is 36.0 Å². The Bertz CT molecular complexity index is 800. The summed E-state index contributed by atoms with van der Waals surface area (Å²) in [5, 5.41) is 50.9. The average molecular weight is 417 g/mol. The number of benzene rings is 1. The van der Waals surface area contributed by atoms with E-state index in [2.05, 4.69) is 10.2 Å². The summed E-state index contributed by atoms with van der Waals surface area (Å²) in [6.45, 7) is 1.42. The maximum absolute atomic E-state index is 12.5. The van der Waals surface area contributed by atoms with Crippen LogP contribution in [0.3, 0.4) is 0 Å². The van der Waals surface area contributed by atoms with E-state index in [1.807, 2.05) is 30.3 Å². The normalized spacial score (nSPS) is 29.9. The fourth-order valence-corrected chi connectivity index (χ4v) is 3.73. The molecule has 1 amide bonds. The van der Waals surface area contributed by atoms with Crippen LogP contribution in [0.4, 0.5) is 5.69 Å². The molecule has 5 N–H and O–H groups in total. The molecule has 5 atom stereocenters. The topological polar surface area (TPSA) is 146 Å². The van der Waals surface area contributed by atoms with Crippen LogP contribution in [0.1, 0.15) is 24.8 Å². The lowest BCUT2D eigenvalue weighted by Crippen LogP contribution is -2.64. The molecule has 0 aliphatic carbocycles. The standard InChI is InChI=1S/C21H27N3O6/c22-11-14(10-13-4-6-15(7-5-13)24-8-2-1-3-9-24)20(28)23-17-19(27)18(26)16(12-25)30-21(17)29/h4-7,10,16-19,21,25-27,29H,1-3,8-9,12H2,(H,23,28). The molecule has 0 spiro atoms. The van der Waals surface area contributed by atoms with Gasteiger partial charge >= 0.3 is 0 Å². The number of aliphatic hydroxyl groups excluding tert-OH is 4. The monoisotopic (exact) mass is 417 g/mol. The highest BCUT2D eigenvalue weighted by Crippen LogP contribution is 2.22. The van der Waals surface area contributed by atoms with Crippen LogP contribution in [0.2, 0.25) is 0 Å². The van der Waals surface area contributed by atoms with Gasteiger partial charge in [0.15, 0.2) is 6.29 Å². The fraction of sp³-hybridized carbons (Fsp3) is 0.524. The minimum atomic E-state index is -1.65. The molecule has 1 aromatic carbocycles. The SMILES string of the molecule is N#CC(=Cc1ccc(N2CCCCC2)cc1)C(=O)NC1C(O)OC(CO)C(O)C1O. The predicted octanol–water partition coefficient (Wildman–Crippen LogP) is -0.500. The van der Waals surface area contributed by atoms with E-state index in [-0.39, 0.29) is 5.57 Å². The Kier molecular flexibility index (Phi) is 7.42. The molecule has 2 aliphatic heterocycles. The van der Waals surface area contributed by atoms with Crippen molar-refractivity contribution in [1.82, 2.24) is 5.32 Å². The number of anilines is 1. The molecule has 0 radical (unpaired) electrons. The zero-order valence-corrected chi connectivity index (χ0v) is 16.5. The number of nitrogens with one attached hydrogen (secondary N) is 1. The van der Waals surface area contributed by atoms with E-state index in [0.29, 0.717) is 5.56 Å². The molecule has 2 heterocycles. The van der Waals surface area contributed by atoms with Crippen molar-refractivity contribution >= 4 is 17.7 Å². The molecule has 2 saturated heterocycles. The van der Waals surface area contributed by atoms with E-state index in [1.165, 1.54) is 12.5 Å². The van der Waals surface area contributed by atoms with Gasteiger partial charge < -0.3 is 35.4 Å². The highest BCUT2D eigenvalue weighted by molar-refractivity contribution is 6.01. The van der Waals surface area contributed by atoms with Gasteiger partial charge in [0, 0.05) is 18.8 Å². The number of nitrogens with zero attached hydrogens (tertiary/aromatic N) is 2. The van der Waals surface area contributed by atoms with E-state index >= 15 is 0 Å². The first-order chi connectivity index (χ1) is 14.4. The molecular weight excluding hydrogens is 390 g/mol. The van der Waals surface area contributed by atoms with Gasteiger partial charge in [0.2, 0.25) is 0 Å². The molecule has 9 nitrogen and oxygen atoms in total. The number of nitriles is 1. The summed E-state index contributed by atoms with van der Waals surface area (Å²) in [6, 6.07) is 7.98. The second-order valence-electron chi connectivity index (χ2n) is 7.54. The Balaban J connectivity index is 1.68. The number of aliphatic hydroxyl groups is 4. The third kappa shape index (κ3) is 4.98. The predicted molar refractivity (Wildman–Crippen MR) is 108 cm³/mol. The number of carbonyl (C=O) groups excluding carboxylic acids is 1. The van der Waals surface area contributed by atoms with Crippen LogP contribution in [0.5, 0.6) is 0 Å². The van der Waals surface area contributed by atoms with Crippen LogP contribution in [0, 0.1) is 11.3 Å². The Morgan fingerprint density at radius 2 is 1.83 bits per heavy atom. The minimum Gasteiger partial charge on any atom is -0.394 e. The summed E-state index contributed by atoms with van der Waals surface area (Å²) in [5.74, 6) is -0.820. The van der Waals surface area contributed by atoms with Crippen LogP contribution in [-0.4, -0.2) is 76.7 Å².